The molecule has 0 spiro atoms. The van der Waals surface area contributed by atoms with Crippen LogP contribution in [0.25, 0.3) is 0 Å². The normalized spacial score (nSPS) is 9.95. The third-order valence-electron chi connectivity index (χ3n) is 2.92. The highest BCUT2D eigenvalue weighted by Gasteiger charge is 2.11. The molecule has 0 aliphatic heterocycles. The summed E-state index contributed by atoms with van der Waals surface area (Å²) in [6.07, 6.45) is 1.16. The standard InChI is InChI=1S/C14H11FN4O2/c1-9-4-14(18-8-13(9)19(20)21)17-7-11-3-2-10(6-16)5-12(11)15/h2-5,8H,7H2,1H3,(H,17,18). The van der Waals surface area contributed by atoms with Gasteiger partial charge in [0.15, 0.2) is 0 Å². The lowest BCUT2D eigenvalue weighted by atomic mass is 10.1. The van der Waals surface area contributed by atoms with Gasteiger partial charge in [0.2, 0.25) is 0 Å². The van der Waals surface area contributed by atoms with Gasteiger partial charge in [-0.25, -0.2) is 9.37 Å². The molecule has 1 N–H and O–H groups in total. The molecule has 0 radical (unpaired) electrons. The van der Waals surface area contributed by atoms with Crippen LogP contribution >= 0.6 is 0 Å². The first-order valence-corrected chi connectivity index (χ1v) is 6.04. The van der Waals surface area contributed by atoms with Crippen molar-refractivity contribution >= 4 is 11.5 Å². The second-order valence-corrected chi connectivity index (χ2v) is 4.38. The van der Waals surface area contributed by atoms with Crippen molar-refractivity contribution in [2.45, 2.75) is 13.5 Å². The summed E-state index contributed by atoms with van der Waals surface area (Å²) in [5, 5.41) is 22.2. The lowest BCUT2D eigenvalue weighted by molar-refractivity contribution is -0.385. The van der Waals surface area contributed by atoms with Gasteiger partial charge in [-0.3, -0.25) is 10.1 Å². The van der Waals surface area contributed by atoms with Crippen molar-refractivity contribution in [1.29, 1.82) is 5.26 Å². The third kappa shape index (κ3) is 3.30. The van der Waals surface area contributed by atoms with Crippen LogP contribution in [-0.4, -0.2) is 9.91 Å². The fourth-order valence-corrected chi connectivity index (χ4v) is 1.78. The maximum atomic E-state index is 13.7. The Bertz CT molecular complexity index is 740. The minimum atomic E-state index is -0.508. The molecule has 1 heterocycles. The van der Waals surface area contributed by atoms with E-state index in [1.54, 1.807) is 6.92 Å². The number of rotatable bonds is 4. The Kier molecular flexibility index (Phi) is 4.09. The number of hydrogen-bond donors (Lipinski definition) is 1. The van der Waals surface area contributed by atoms with E-state index in [0.717, 1.165) is 12.3 Å². The molecule has 0 aliphatic carbocycles. The summed E-state index contributed by atoms with van der Waals surface area (Å²) in [7, 11) is 0. The fraction of sp³-hybridized carbons (Fsp3) is 0.143. The molecule has 0 unspecified atom stereocenters. The molecule has 2 rings (SSSR count). The molecule has 7 heteroatoms. The Hall–Kier alpha value is -3.01. The third-order valence-corrected chi connectivity index (χ3v) is 2.92. The van der Waals surface area contributed by atoms with Crippen molar-refractivity contribution in [3.05, 3.63) is 63.1 Å². The van der Waals surface area contributed by atoms with Crippen molar-refractivity contribution in [2.24, 2.45) is 0 Å². The first-order chi connectivity index (χ1) is 10.0. The number of hydrogen-bond acceptors (Lipinski definition) is 5. The first-order valence-electron chi connectivity index (χ1n) is 6.04. The van der Waals surface area contributed by atoms with E-state index in [2.05, 4.69) is 10.3 Å². The largest absolute Gasteiger partial charge is 0.366 e. The van der Waals surface area contributed by atoms with Crippen molar-refractivity contribution in [1.82, 2.24) is 4.98 Å². The zero-order valence-electron chi connectivity index (χ0n) is 11.1. The van der Waals surface area contributed by atoms with E-state index in [4.69, 9.17) is 5.26 Å². The van der Waals surface area contributed by atoms with Crippen LogP contribution in [0.4, 0.5) is 15.9 Å². The number of pyridine rings is 1. The zero-order valence-corrected chi connectivity index (χ0v) is 11.1. The van der Waals surface area contributed by atoms with Gasteiger partial charge in [0, 0.05) is 17.7 Å². The number of aromatic nitrogens is 1. The van der Waals surface area contributed by atoms with Gasteiger partial charge in [0.1, 0.15) is 17.8 Å². The van der Waals surface area contributed by atoms with Crippen LogP contribution in [0.1, 0.15) is 16.7 Å². The SMILES string of the molecule is Cc1cc(NCc2ccc(C#N)cc2F)ncc1[N+](=O)[O-]. The molecule has 0 atom stereocenters. The van der Waals surface area contributed by atoms with E-state index < -0.39 is 10.7 Å². The molecule has 0 fully saturated rings. The highest BCUT2D eigenvalue weighted by atomic mass is 19.1. The van der Waals surface area contributed by atoms with E-state index >= 15 is 0 Å². The van der Waals surface area contributed by atoms with Crippen LogP contribution in [0, 0.1) is 34.2 Å². The minimum absolute atomic E-state index is 0.0647. The fourth-order valence-electron chi connectivity index (χ4n) is 1.78. The average molecular weight is 286 g/mol. The predicted octanol–water partition coefficient (Wildman–Crippen LogP) is 2.92. The first kappa shape index (κ1) is 14.4. The van der Waals surface area contributed by atoms with Crippen LogP contribution in [0.2, 0.25) is 0 Å². The van der Waals surface area contributed by atoms with Gasteiger partial charge in [0.25, 0.3) is 5.69 Å². The summed E-state index contributed by atoms with van der Waals surface area (Å²) in [6, 6.07) is 7.58. The van der Waals surface area contributed by atoms with Crippen LogP contribution in [-0.2, 0) is 6.54 Å². The van der Waals surface area contributed by atoms with Crippen LogP contribution < -0.4 is 5.32 Å². The second kappa shape index (κ2) is 5.96. The van der Waals surface area contributed by atoms with Gasteiger partial charge in [-0.05, 0) is 25.1 Å². The molecule has 0 amide bonds. The summed E-state index contributed by atoms with van der Waals surface area (Å²) in [5.74, 6) is -0.0676. The molecule has 0 bridgehead atoms. The topological polar surface area (TPSA) is 91.8 Å². The number of anilines is 1. The number of aryl methyl sites for hydroxylation is 1. The van der Waals surface area contributed by atoms with Gasteiger partial charge >= 0.3 is 0 Å². The second-order valence-electron chi connectivity index (χ2n) is 4.38. The Labute approximate surface area is 120 Å². The predicted molar refractivity (Wildman–Crippen MR) is 74.1 cm³/mol. The van der Waals surface area contributed by atoms with Gasteiger partial charge in [-0.1, -0.05) is 6.07 Å². The summed E-state index contributed by atoms with van der Waals surface area (Å²) in [5.41, 5.74) is 1.04. The lowest BCUT2D eigenvalue weighted by Crippen LogP contribution is -2.04. The van der Waals surface area contributed by atoms with Crippen molar-refractivity contribution in [3.63, 3.8) is 0 Å². The Morgan fingerprint density at radius 2 is 2.24 bits per heavy atom. The molecular formula is C14H11FN4O2. The summed E-state index contributed by atoms with van der Waals surface area (Å²) < 4.78 is 13.7. The number of nitriles is 1. The maximum absolute atomic E-state index is 13.7. The summed E-state index contributed by atoms with van der Waals surface area (Å²) in [6.45, 7) is 1.77. The molecule has 1 aromatic heterocycles. The van der Waals surface area contributed by atoms with Crippen molar-refractivity contribution < 1.29 is 9.31 Å². The number of nitrogens with zero attached hydrogens (tertiary/aromatic N) is 3. The monoisotopic (exact) mass is 286 g/mol. The van der Waals surface area contributed by atoms with E-state index in [9.17, 15) is 14.5 Å². The van der Waals surface area contributed by atoms with Gasteiger partial charge < -0.3 is 5.32 Å². The smallest absolute Gasteiger partial charge is 0.290 e. The van der Waals surface area contributed by atoms with Gasteiger partial charge in [-0.2, -0.15) is 5.26 Å². The van der Waals surface area contributed by atoms with Crippen LogP contribution in [0.5, 0.6) is 0 Å². The average Bonchev–Trinajstić information content (AvgIpc) is 2.45. The Morgan fingerprint density at radius 1 is 1.48 bits per heavy atom. The molecule has 0 saturated carbocycles. The molecule has 6 nitrogen and oxygen atoms in total. The van der Waals surface area contributed by atoms with Gasteiger partial charge in [0.05, 0.1) is 16.6 Å². The zero-order chi connectivity index (χ0) is 15.4. The molecule has 1 aromatic carbocycles. The Morgan fingerprint density at radius 3 is 2.81 bits per heavy atom. The summed E-state index contributed by atoms with van der Waals surface area (Å²) >= 11 is 0. The lowest BCUT2D eigenvalue weighted by Gasteiger charge is -2.07. The van der Waals surface area contributed by atoms with Gasteiger partial charge in [-0.15, -0.1) is 0 Å². The molecule has 0 aliphatic rings. The number of nitro groups is 1. The quantitative estimate of drug-likeness (QED) is 0.689. The van der Waals surface area contributed by atoms with Crippen LogP contribution in [0.3, 0.4) is 0 Å². The van der Waals surface area contributed by atoms with Crippen molar-refractivity contribution in [3.8, 4) is 6.07 Å². The highest BCUT2D eigenvalue weighted by Crippen LogP contribution is 2.19. The number of benzene rings is 1. The molecular weight excluding hydrogens is 275 g/mol. The summed E-state index contributed by atoms with van der Waals surface area (Å²) in [4.78, 5) is 14.1. The number of nitrogens with one attached hydrogen (secondary N) is 1. The molecule has 21 heavy (non-hydrogen) atoms. The molecule has 2 aromatic rings. The number of halogens is 1. The van der Waals surface area contributed by atoms with E-state index in [0.29, 0.717) is 16.9 Å². The maximum Gasteiger partial charge on any atom is 0.290 e. The highest BCUT2D eigenvalue weighted by molar-refractivity contribution is 5.47. The van der Waals surface area contributed by atoms with E-state index in [-0.39, 0.29) is 17.8 Å². The molecule has 106 valence electrons. The Balaban J connectivity index is 2.12. The molecule has 0 saturated heterocycles. The minimum Gasteiger partial charge on any atom is -0.366 e. The van der Waals surface area contributed by atoms with Crippen LogP contribution in [0.15, 0.2) is 30.5 Å². The van der Waals surface area contributed by atoms with Crippen molar-refractivity contribution in [2.75, 3.05) is 5.32 Å². The van der Waals surface area contributed by atoms with E-state index in [1.807, 2.05) is 6.07 Å². The van der Waals surface area contributed by atoms with E-state index in [1.165, 1.54) is 18.2 Å².